The number of pyridine rings is 2. The number of ether oxygens (including phenoxy) is 1. The number of nitrogens with zero attached hydrogens (tertiary/aromatic N) is 2. The second-order valence-corrected chi connectivity index (χ2v) is 6.67. The minimum Gasteiger partial charge on any atom is -0.468 e. The van der Waals surface area contributed by atoms with Crippen LogP contribution in [0.5, 0.6) is 5.88 Å². The van der Waals surface area contributed by atoms with Gasteiger partial charge in [0.25, 0.3) is 5.91 Å². The molecular weight excluding hydrogens is 389 g/mol. The average Bonchev–Trinajstić information content (AvgIpc) is 3.50. The van der Waals surface area contributed by atoms with E-state index in [0.717, 1.165) is 12.8 Å². The molecule has 10 heteroatoms. The van der Waals surface area contributed by atoms with E-state index < -0.39 is 12.8 Å². The van der Waals surface area contributed by atoms with Crippen LogP contribution in [0.3, 0.4) is 0 Å². The van der Waals surface area contributed by atoms with Crippen LogP contribution in [0.25, 0.3) is 0 Å². The summed E-state index contributed by atoms with van der Waals surface area (Å²) in [6, 6.07) is 5.86. The number of carbonyl (C=O) groups excluding carboxylic acids is 2. The highest BCUT2D eigenvalue weighted by Crippen LogP contribution is 2.30. The maximum absolute atomic E-state index is 12.4. The van der Waals surface area contributed by atoms with E-state index in [2.05, 4.69) is 25.3 Å². The summed E-state index contributed by atoms with van der Waals surface area (Å²) in [6.45, 7) is 0.320. The smallest absolute Gasteiger partial charge is 0.422 e. The Balaban J connectivity index is 1.56. The van der Waals surface area contributed by atoms with Crippen LogP contribution in [0, 0.1) is 12.8 Å². The Hall–Kier alpha value is -3.17. The van der Waals surface area contributed by atoms with Crippen LogP contribution in [0.4, 0.5) is 19.0 Å². The lowest BCUT2D eigenvalue weighted by molar-refractivity contribution is -0.154. The van der Waals surface area contributed by atoms with Gasteiger partial charge in [-0.25, -0.2) is 9.97 Å². The predicted octanol–water partition coefficient (Wildman–Crippen LogP) is 3.00. The van der Waals surface area contributed by atoms with E-state index in [1.54, 1.807) is 13.0 Å². The molecule has 7 nitrogen and oxygen atoms in total. The molecular formula is C19H19F3N4O3. The lowest BCUT2D eigenvalue weighted by atomic mass is 10.2. The van der Waals surface area contributed by atoms with Gasteiger partial charge in [0, 0.05) is 36.0 Å². The number of hydrogen-bond acceptors (Lipinski definition) is 5. The number of aryl methyl sites for hydroxylation is 1. The van der Waals surface area contributed by atoms with E-state index in [0.29, 0.717) is 22.6 Å². The van der Waals surface area contributed by atoms with Gasteiger partial charge in [0.15, 0.2) is 6.61 Å². The Morgan fingerprint density at radius 3 is 2.66 bits per heavy atom. The summed E-state index contributed by atoms with van der Waals surface area (Å²) in [5, 5.41) is 5.38. The van der Waals surface area contributed by atoms with Crippen LogP contribution in [-0.4, -0.2) is 34.6 Å². The number of nitrogens with one attached hydrogen (secondary N) is 2. The fourth-order valence-electron chi connectivity index (χ4n) is 2.48. The second-order valence-electron chi connectivity index (χ2n) is 6.67. The number of alkyl halides is 3. The van der Waals surface area contributed by atoms with E-state index in [1.165, 1.54) is 24.4 Å². The molecule has 2 aromatic rings. The van der Waals surface area contributed by atoms with Crippen LogP contribution < -0.4 is 15.4 Å². The Morgan fingerprint density at radius 2 is 2.00 bits per heavy atom. The molecule has 0 aliphatic heterocycles. The molecule has 1 aliphatic carbocycles. The molecule has 0 spiro atoms. The van der Waals surface area contributed by atoms with E-state index >= 15 is 0 Å². The van der Waals surface area contributed by atoms with Gasteiger partial charge in [-0.15, -0.1) is 0 Å². The first-order valence-electron chi connectivity index (χ1n) is 8.92. The SMILES string of the molecule is Cc1nc(OCC(F)(F)F)ccc1CNC(=O)c1ccnc(NC(=O)C2CC2)c1. The van der Waals surface area contributed by atoms with Crippen molar-refractivity contribution in [2.24, 2.45) is 5.92 Å². The number of rotatable bonds is 7. The molecule has 0 unspecified atom stereocenters. The van der Waals surface area contributed by atoms with Gasteiger partial charge in [0.1, 0.15) is 5.82 Å². The number of aromatic nitrogens is 2. The Bertz CT molecular complexity index is 914. The molecule has 2 heterocycles. The summed E-state index contributed by atoms with van der Waals surface area (Å²) in [4.78, 5) is 32.2. The van der Waals surface area contributed by atoms with Gasteiger partial charge in [0.05, 0.1) is 0 Å². The van der Waals surface area contributed by atoms with E-state index in [4.69, 9.17) is 0 Å². The lowest BCUT2D eigenvalue weighted by Crippen LogP contribution is -2.24. The summed E-state index contributed by atoms with van der Waals surface area (Å²) in [5.74, 6) is -0.304. The van der Waals surface area contributed by atoms with Crippen molar-refractivity contribution in [3.05, 3.63) is 47.3 Å². The lowest BCUT2D eigenvalue weighted by Gasteiger charge is -2.12. The largest absolute Gasteiger partial charge is 0.468 e. The number of anilines is 1. The zero-order chi connectivity index (χ0) is 21.0. The fourth-order valence-corrected chi connectivity index (χ4v) is 2.48. The number of hydrogen-bond donors (Lipinski definition) is 2. The molecule has 1 aliphatic rings. The average molecular weight is 408 g/mol. The summed E-state index contributed by atoms with van der Waals surface area (Å²) < 4.78 is 41.2. The summed E-state index contributed by atoms with van der Waals surface area (Å²) in [5.41, 5.74) is 1.40. The molecule has 2 N–H and O–H groups in total. The third kappa shape index (κ3) is 6.16. The van der Waals surface area contributed by atoms with Crippen molar-refractivity contribution in [2.45, 2.75) is 32.5 Å². The zero-order valence-electron chi connectivity index (χ0n) is 15.5. The third-order valence-corrected chi connectivity index (χ3v) is 4.21. The van der Waals surface area contributed by atoms with Gasteiger partial charge in [-0.2, -0.15) is 13.2 Å². The van der Waals surface area contributed by atoms with Crippen molar-refractivity contribution in [3.8, 4) is 5.88 Å². The standard InChI is InChI=1S/C19H19F3N4O3/c1-11-14(4-5-16(25-11)29-10-19(20,21)22)9-24-17(27)13-6-7-23-15(8-13)26-18(28)12-2-3-12/h4-8,12H,2-3,9-10H2,1H3,(H,24,27)(H,23,26,28). The summed E-state index contributed by atoms with van der Waals surface area (Å²) in [6.07, 6.45) is -1.29. The molecule has 0 saturated heterocycles. The van der Waals surface area contributed by atoms with Crippen molar-refractivity contribution in [2.75, 3.05) is 11.9 Å². The molecule has 0 bridgehead atoms. The van der Waals surface area contributed by atoms with Crippen LogP contribution in [0.2, 0.25) is 0 Å². The maximum atomic E-state index is 12.4. The first-order valence-corrected chi connectivity index (χ1v) is 8.92. The normalized spacial score (nSPS) is 13.7. The Morgan fingerprint density at radius 1 is 1.24 bits per heavy atom. The molecule has 2 amide bonds. The molecule has 1 saturated carbocycles. The van der Waals surface area contributed by atoms with Gasteiger partial charge in [-0.1, -0.05) is 6.07 Å². The zero-order valence-corrected chi connectivity index (χ0v) is 15.5. The Kier molecular flexibility index (Phi) is 6.00. The van der Waals surface area contributed by atoms with Gasteiger partial charge in [-0.05, 0) is 37.5 Å². The highest BCUT2D eigenvalue weighted by Gasteiger charge is 2.30. The highest BCUT2D eigenvalue weighted by atomic mass is 19.4. The quantitative estimate of drug-likeness (QED) is 0.735. The van der Waals surface area contributed by atoms with Gasteiger partial charge < -0.3 is 15.4 Å². The second kappa shape index (κ2) is 8.46. The maximum Gasteiger partial charge on any atom is 0.422 e. The van der Waals surface area contributed by atoms with Crippen molar-refractivity contribution in [3.63, 3.8) is 0 Å². The van der Waals surface area contributed by atoms with Crippen molar-refractivity contribution in [1.82, 2.24) is 15.3 Å². The third-order valence-electron chi connectivity index (χ3n) is 4.21. The first kappa shape index (κ1) is 20.6. The predicted molar refractivity (Wildman–Crippen MR) is 97.3 cm³/mol. The van der Waals surface area contributed by atoms with E-state index in [-0.39, 0.29) is 30.2 Å². The number of carbonyl (C=O) groups is 2. The monoisotopic (exact) mass is 408 g/mol. The Labute approximate surface area is 164 Å². The molecule has 1 fully saturated rings. The molecule has 0 radical (unpaired) electrons. The van der Waals surface area contributed by atoms with Gasteiger partial charge in [-0.3, -0.25) is 9.59 Å². The molecule has 2 aromatic heterocycles. The van der Waals surface area contributed by atoms with Crippen LogP contribution in [-0.2, 0) is 11.3 Å². The van der Waals surface area contributed by atoms with Crippen molar-refractivity contribution >= 4 is 17.6 Å². The molecule has 0 atom stereocenters. The highest BCUT2D eigenvalue weighted by molar-refractivity contribution is 5.97. The van der Waals surface area contributed by atoms with E-state index in [9.17, 15) is 22.8 Å². The van der Waals surface area contributed by atoms with Crippen LogP contribution >= 0.6 is 0 Å². The fraction of sp³-hybridized carbons (Fsp3) is 0.368. The van der Waals surface area contributed by atoms with E-state index in [1.807, 2.05) is 0 Å². The summed E-state index contributed by atoms with van der Waals surface area (Å²) in [7, 11) is 0. The molecule has 3 rings (SSSR count). The van der Waals surface area contributed by atoms with Crippen LogP contribution in [0.1, 0.15) is 34.5 Å². The topological polar surface area (TPSA) is 93.2 Å². The van der Waals surface area contributed by atoms with Gasteiger partial charge in [0.2, 0.25) is 11.8 Å². The molecule has 0 aromatic carbocycles. The molecule has 29 heavy (non-hydrogen) atoms. The molecule has 154 valence electrons. The summed E-state index contributed by atoms with van der Waals surface area (Å²) >= 11 is 0. The van der Waals surface area contributed by atoms with Gasteiger partial charge >= 0.3 is 6.18 Å². The minimum absolute atomic E-state index is 0.0211. The number of amides is 2. The van der Waals surface area contributed by atoms with Crippen molar-refractivity contribution in [1.29, 1.82) is 0 Å². The minimum atomic E-state index is -4.44. The first-order chi connectivity index (χ1) is 13.7. The number of halogens is 3. The van der Waals surface area contributed by atoms with Crippen molar-refractivity contribution < 1.29 is 27.5 Å². The van der Waals surface area contributed by atoms with Crippen LogP contribution in [0.15, 0.2) is 30.5 Å².